The smallest absolute Gasteiger partial charge is 0.410 e. The van der Waals surface area contributed by atoms with Crippen molar-refractivity contribution >= 4 is 51.7 Å². The predicted molar refractivity (Wildman–Crippen MR) is 166 cm³/mol. The Morgan fingerprint density at radius 3 is 2.56 bits per heavy atom. The van der Waals surface area contributed by atoms with Crippen LogP contribution in [0.3, 0.4) is 0 Å². The highest BCUT2D eigenvalue weighted by molar-refractivity contribution is 8.00. The summed E-state index contributed by atoms with van der Waals surface area (Å²) in [6.07, 6.45) is 1.53. The summed E-state index contributed by atoms with van der Waals surface area (Å²) in [5.74, 6) is -0.471. The molecule has 9 nitrogen and oxygen atoms in total. The van der Waals surface area contributed by atoms with Crippen LogP contribution in [-0.2, 0) is 22.5 Å². The maximum Gasteiger partial charge on any atom is 0.410 e. The Bertz CT molecular complexity index is 1670. The quantitative estimate of drug-likeness (QED) is 0.210. The molecule has 5 rings (SSSR count). The zero-order valence-corrected chi connectivity index (χ0v) is 25.5. The number of nitrogens with zero attached hydrogens (tertiary/aromatic N) is 2. The summed E-state index contributed by atoms with van der Waals surface area (Å²) >= 11 is 2.64. The number of furan rings is 1. The van der Waals surface area contributed by atoms with Crippen LogP contribution in [0.1, 0.15) is 58.1 Å². The average molecular weight is 615 g/mol. The van der Waals surface area contributed by atoms with Crippen LogP contribution in [0.15, 0.2) is 82.3 Å². The molecule has 0 saturated carbocycles. The first-order chi connectivity index (χ1) is 20.6. The fourth-order valence-electron chi connectivity index (χ4n) is 4.55. The summed E-state index contributed by atoms with van der Waals surface area (Å²) in [5, 5.41) is 15.7. The van der Waals surface area contributed by atoms with Crippen molar-refractivity contribution in [3.63, 3.8) is 0 Å². The Labute approximate surface area is 257 Å². The number of nitriles is 1. The second kappa shape index (κ2) is 12.8. The minimum atomic E-state index is -0.652. The van der Waals surface area contributed by atoms with E-state index in [1.807, 2.05) is 57.2 Å². The molecule has 1 atom stereocenters. The van der Waals surface area contributed by atoms with Crippen molar-refractivity contribution in [2.75, 3.05) is 17.2 Å². The molecule has 2 N–H and O–H groups in total. The lowest BCUT2D eigenvalue weighted by atomic mass is 10.0. The Hall–Kier alpha value is -4.53. The third kappa shape index (κ3) is 7.28. The Morgan fingerprint density at radius 2 is 1.86 bits per heavy atom. The first-order valence-corrected chi connectivity index (χ1v) is 15.3. The van der Waals surface area contributed by atoms with Crippen LogP contribution in [-0.4, -0.2) is 35.0 Å². The molecule has 43 heavy (non-hydrogen) atoms. The molecule has 1 unspecified atom stereocenters. The molecule has 0 bridgehead atoms. The van der Waals surface area contributed by atoms with Gasteiger partial charge in [-0.1, -0.05) is 36.4 Å². The summed E-state index contributed by atoms with van der Waals surface area (Å²) in [7, 11) is 0. The number of carbonyl (C=O) groups is 3. The van der Waals surface area contributed by atoms with Crippen molar-refractivity contribution in [3.05, 3.63) is 100 Å². The van der Waals surface area contributed by atoms with Gasteiger partial charge in [0.1, 0.15) is 21.9 Å². The van der Waals surface area contributed by atoms with Crippen molar-refractivity contribution in [1.29, 1.82) is 5.26 Å². The number of nitrogens with one attached hydrogen (secondary N) is 2. The van der Waals surface area contributed by atoms with Gasteiger partial charge >= 0.3 is 6.09 Å². The molecule has 2 aromatic carbocycles. The van der Waals surface area contributed by atoms with Gasteiger partial charge in [-0.25, -0.2) is 4.79 Å². The lowest BCUT2D eigenvalue weighted by Gasteiger charge is -2.29. The Balaban J connectivity index is 1.36. The summed E-state index contributed by atoms with van der Waals surface area (Å²) in [6, 6.07) is 22.1. The summed E-state index contributed by atoms with van der Waals surface area (Å²) < 4.78 is 10.7. The lowest BCUT2D eigenvalue weighted by Crippen LogP contribution is -2.39. The third-order valence-electron chi connectivity index (χ3n) is 6.49. The number of carbonyl (C=O) groups excluding carboxylic acids is 3. The van der Waals surface area contributed by atoms with Gasteiger partial charge in [0.05, 0.1) is 18.4 Å². The second-order valence-corrected chi connectivity index (χ2v) is 13.1. The van der Waals surface area contributed by atoms with Gasteiger partial charge < -0.3 is 24.7 Å². The van der Waals surface area contributed by atoms with Crippen molar-refractivity contribution in [2.24, 2.45) is 0 Å². The Kier molecular flexibility index (Phi) is 8.89. The van der Waals surface area contributed by atoms with Crippen molar-refractivity contribution in [3.8, 4) is 6.07 Å². The van der Waals surface area contributed by atoms with Gasteiger partial charge in [0.2, 0.25) is 5.91 Å². The largest absolute Gasteiger partial charge is 0.459 e. The monoisotopic (exact) mass is 614 g/mol. The molecule has 0 saturated heterocycles. The van der Waals surface area contributed by atoms with Crippen LogP contribution in [0.2, 0.25) is 0 Å². The first-order valence-electron chi connectivity index (χ1n) is 13.6. The van der Waals surface area contributed by atoms with Crippen LogP contribution >= 0.6 is 23.1 Å². The zero-order valence-electron chi connectivity index (χ0n) is 23.9. The maximum atomic E-state index is 13.8. The lowest BCUT2D eigenvalue weighted by molar-refractivity contribution is -0.115. The molecule has 0 radical (unpaired) electrons. The van der Waals surface area contributed by atoms with Crippen LogP contribution in [0.4, 0.5) is 15.5 Å². The highest BCUT2D eigenvalue weighted by Gasteiger charge is 2.31. The van der Waals surface area contributed by atoms with E-state index in [4.69, 9.17) is 9.15 Å². The molecule has 0 fully saturated rings. The number of thioether (sulfide) groups is 1. The van der Waals surface area contributed by atoms with E-state index in [1.54, 1.807) is 35.2 Å². The van der Waals surface area contributed by atoms with Crippen LogP contribution in [0, 0.1) is 11.3 Å². The van der Waals surface area contributed by atoms with Gasteiger partial charge in [0.15, 0.2) is 5.76 Å². The van der Waals surface area contributed by atoms with Gasteiger partial charge in [-0.05, 0) is 68.7 Å². The second-order valence-electron chi connectivity index (χ2n) is 10.8. The number of fused-ring (bicyclic) bond motifs is 1. The number of rotatable bonds is 7. The van der Waals surface area contributed by atoms with Crippen LogP contribution < -0.4 is 10.6 Å². The van der Waals surface area contributed by atoms with Crippen LogP contribution in [0.25, 0.3) is 0 Å². The van der Waals surface area contributed by atoms with E-state index in [0.717, 1.165) is 20.9 Å². The molecular formula is C32H30N4O5S2. The van der Waals surface area contributed by atoms with E-state index >= 15 is 0 Å². The van der Waals surface area contributed by atoms with E-state index in [2.05, 4.69) is 16.7 Å². The predicted octanol–water partition coefficient (Wildman–Crippen LogP) is 7.23. The molecule has 220 valence electrons. The number of anilines is 2. The van der Waals surface area contributed by atoms with Crippen LogP contribution in [0.5, 0.6) is 0 Å². The van der Waals surface area contributed by atoms with Crippen molar-refractivity contribution in [2.45, 2.75) is 49.5 Å². The minimum absolute atomic E-state index is 0.195. The number of amides is 3. The number of ether oxygens (including phenoxy) is 1. The topological polar surface area (TPSA) is 125 Å². The molecule has 2 aromatic heterocycles. The van der Waals surface area contributed by atoms with Crippen molar-refractivity contribution < 1.29 is 23.5 Å². The first kappa shape index (κ1) is 29.9. The summed E-state index contributed by atoms with van der Waals surface area (Å²) in [6.45, 7) is 6.20. The molecule has 0 spiro atoms. The molecular weight excluding hydrogens is 585 g/mol. The molecule has 3 heterocycles. The third-order valence-corrected chi connectivity index (χ3v) is 8.87. The number of thiophene rings is 1. The minimum Gasteiger partial charge on any atom is -0.459 e. The van der Waals surface area contributed by atoms with Gasteiger partial charge in [0.25, 0.3) is 5.91 Å². The maximum absolute atomic E-state index is 13.8. The number of benzene rings is 2. The normalized spacial score (nSPS) is 13.4. The molecule has 4 aromatic rings. The van der Waals surface area contributed by atoms with Gasteiger partial charge in [-0.3, -0.25) is 9.59 Å². The van der Waals surface area contributed by atoms with Gasteiger partial charge in [0, 0.05) is 22.0 Å². The molecule has 1 aliphatic heterocycles. The molecule has 0 aliphatic carbocycles. The SMILES string of the molecule is CC(C)(C)OC(=O)N1CCc2c(sc(NC(=O)C(Sc3cccc(NC(=O)c4ccco4)c3)c3ccccc3)c2C#N)C1. The van der Waals surface area contributed by atoms with E-state index in [9.17, 15) is 19.6 Å². The Morgan fingerprint density at radius 1 is 1.07 bits per heavy atom. The van der Waals surface area contributed by atoms with Crippen molar-refractivity contribution in [1.82, 2.24) is 4.90 Å². The average Bonchev–Trinajstić information content (AvgIpc) is 3.63. The van der Waals surface area contributed by atoms with Gasteiger partial charge in [-0.15, -0.1) is 23.1 Å². The van der Waals surface area contributed by atoms with E-state index in [0.29, 0.717) is 35.8 Å². The van der Waals surface area contributed by atoms with E-state index in [-0.39, 0.29) is 17.6 Å². The highest BCUT2D eigenvalue weighted by atomic mass is 32.2. The van der Waals surface area contributed by atoms with E-state index < -0.39 is 16.9 Å². The highest BCUT2D eigenvalue weighted by Crippen LogP contribution is 2.41. The molecule has 11 heteroatoms. The standard InChI is InChI=1S/C32H30N4O5S2/c1-32(2,3)41-31(39)36-15-14-23-24(18-33)30(43-26(23)19-36)35-29(38)27(20-9-5-4-6-10-20)42-22-12-7-11-21(17-22)34-28(37)25-13-8-16-40-25/h4-13,16-17,27H,14-15,19H2,1-3H3,(H,34,37)(H,35,38). The number of hydrogen-bond donors (Lipinski definition) is 2. The zero-order chi connectivity index (χ0) is 30.6. The summed E-state index contributed by atoms with van der Waals surface area (Å²) in [4.78, 5) is 42.2. The number of hydrogen-bond acceptors (Lipinski definition) is 8. The summed E-state index contributed by atoms with van der Waals surface area (Å²) in [5.41, 5.74) is 2.01. The fourth-order valence-corrected chi connectivity index (χ4v) is 6.85. The molecule has 3 amide bonds. The van der Waals surface area contributed by atoms with Gasteiger partial charge in [-0.2, -0.15) is 5.26 Å². The molecule has 1 aliphatic rings. The van der Waals surface area contributed by atoms with E-state index in [1.165, 1.54) is 29.4 Å². The fraction of sp³-hybridized carbons (Fsp3) is 0.250.